The predicted octanol–water partition coefficient (Wildman–Crippen LogP) is 5.86. The molecule has 0 unspecified atom stereocenters. The van der Waals surface area contributed by atoms with Crippen LogP contribution >= 0.6 is 0 Å². The maximum Gasteiger partial charge on any atom is 0.410 e. The molecule has 2 fully saturated rings. The van der Waals surface area contributed by atoms with Crippen molar-refractivity contribution in [3.63, 3.8) is 0 Å². The fourth-order valence-electron chi connectivity index (χ4n) is 6.82. The summed E-state index contributed by atoms with van der Waals surface area (Å²) in [7, 11) is 1.78. The fourth-order valence-corrected chi connectivity index (χ4v) is 6.82. The molecule has 6 rings (SSSR count). The summed E-state index contributed by atoms with van der Waals surface area (Å²) in [6, 6.07) is 6.15. The second kappa shape index (κ2) is 12.0. The second-order valence-electron chi connectivity index (χ2n) is 13.1. The van der Waals surface area contributed by atoms with E-state index in [0.29, 0.717) is 26.1 Å². The maximum absolute atomic E-state index is 13.5. The van der Waals surface area contributed by atoms with Crippen LogP contribution in [0, 0.1) is 13.8 Å². The minimum absolute atomic E-state index is 0.0129. The normalized spacial score (nSPS) is 23.3. The number of hydrogen-bond acceptors (Lipinski definition) is 8. The molecule has 44 heavy (non-hydrogen) atoms. The SMILES string of the molecule is CO[C@H]1CC[C@H](n2c([C@@H]3COCC(=O)N3C3=CCN(C(=O)OC(C)(C)C)CC3)nc3cc(-c4c(C)noc4C)ccc32)CC1. The molecule has 0 radical (unpaired) electrons. The van der Waals surface area contributed by atoms with E-state index in [0.717, 1.165) is 70.8 Å². The first-order valence-electron chi connectivity index (χ1n) is 15.6. The highest BCUT2D eigenvalue weighted by molar-refractivity contribution is 5.85. The number of nitrogens with zero attached hydrogens (tertiary/aromatic N) is 5. The molecule has 3 aromatic rings. The molecule has 0 bridgehead atoms. The molecule has 2 aliphatic heterocycles. The molecule has 11 heteroatoms. The van der Waals surface area contributed by atoms with E-state index >= 15 is 0 Å². The third-order valence-corrected chi connectivity index (χ3v) is 8.91. The molecule has 1 atom stereocenters. The van der Waals surface area contributed by atoms with Crippen molar-refractivity contribution in [2.45, 2.75) is 90.5 Å². The summed E-state index contributed by atoms with van der Waals surface area (Å²) in [6.45, 7) is 10.6. The van der Waals surface area contributed by atoms with E-state index in [2.05, 4.69) is 27.9 Å². The van der Waals surface area contributed by atoms with Gasteiger partial charge in [-0.05, 0) is 84.1 Å². The zero-order valence-corrected chi connectivity index (χ0v) is 26.6. The van der Waals surface area contributed by atoms with Crippen molar-refractivity contribution in [2.24, 2.45) is 0 Å². The van der Waals surface area contributed by atoms with Crippen molar-refractivity contribution in [3.8, 4) is 11.1 Å². The molecular formula is C33H43N5O6. The van der Waals surface area contributed by atoms with Crippen LogP contribution in [0.4, 0.5) is 4.79 Å². The van der Waals surface area contributed by atoms with Crippen molar-refractivity contribution >= 4 is 23.0 Å². The van der Waals surface area contributed by atoms with E-state index in [1.807, 2.05) is 45.6 Å². The number of ether oxygens (including phenoxy) is 3. The summed E-state index contributed by atoms with van der Waals surface area (Å²) in [5.41, 5.74) is 5.02. The molecule has 1 saturated carbocycles. The minimum Gasteiger partial charge on any atom is -0.444 e. The van der Waals surface area contributed by atoms with Gasteiger partial charge in [0.25, 0.3) is 5.91 Å². The van der Waals surface area contributed by atoms with E-state index in [1.54, 1.807) is 12.0 Å². The third-order valence-electron chi connectivity index (χ3n) is 8.91. The van der Waals surface area contributed by atoms with E-state index in [9.17, 15) is 9.59 Å². The van der Waals surface area contributed by atoms with Crippen LogP contribution in [0.3, 0.4) is 0 Å². The zero-order valence-electron chi connectivity index (χ0n) is 26.6. The Labute approximate surface area is 258 Å². The second-order valence-corrected chi connectivity index (χ2v) is 13.1. The van der Waals surface area contributed by atoms with Crippen molar-refractivity contribution in [3.05, 3.63) is 47.3 Å². The smallest absolute Gasteiger partial charge is 0.410 e. The van der Waals surface area contributed by atoms with Gasteiger partial charge in [-0.2, -0.15) is 0 Å². The molecule has 3 aliphatic rings. The Hall–Kier alpha value is -3.70. The Morgan fingerprint density at radius 1 is 1.11 bits per heavy atom. The number of benzene rings is 1. The van der Waals surface area contributed by atoms with Gasteiger partial charge in [-0.3, -0.25) is 4.79 Å². The number of methoxy groups -OCH3 is 1. The number of fused-ring (bicyclic) bond motifs is 1. The average molecular weight is 606 g/mol. The van der Waals surface area contributed by atoms with Crippen molar-refractivity contribution in [2.75, 3.05) is 33.4 Å². The molecule has 236 valence electrons. The largest absolute Gasteiger partial charge is 0.444 e. The highest BCUT2D eigenvalue weighted by Crippen LogP contribution is 2.40. The van der Waals surface area contributed by atoms with Crippen LogP contribution in [0.2, 0.25) is 0 Å². The van der Waals surface area contributed by atoms with Crippen LogP contribution in [-0.2, 0) is 19.0 Å². The van der Waals surface area contributed by atoms with Gasteiger partial charge in [0.2, 0.25) is 0 Å². The molecule has 2 aromatic heterocycles. The van der Waals surface area contributed by atoms with E-state index in [-0.39, 0.29) is 30.8 Å². The first-order chi connectivity index (χ1) is 21.0. The molecule has 0 N–H and O–H groups in total. The maximum atomic E-state index is 13.5. The Kier molecular flexibility index (Phi) is 8.27. The highest BCUT2D eigenvalue weighted by Gasteiger charge is 2.39. The van der Waals surface area contributed by atoms with E-state index < -0.39 is 11.6 Å². The third kappa shape index (κ3) is 5.87. The molecule has 1 saturated heterocycles. The number of hydrogen-bond donors (Lipinski definition) is 0. The Morgan fingerprint density at radius 2 is 1.89 bits per heavy atom. The lowest BCUT2D eigenvalue weighted by atomic mass is 9.92. The quantitative estimate of drug-likeness (QED) is 0.355. The monoisotopic (exact) mass is 605 g/mol. The average Bonchev–Trinajstić information content (AvgIpc) is 3.54. The van der Waals surface area contributed by atoms with E-state index in [4.69, 9.17) is 23.7 Å². The number of aromatic nitrogens is 3. The standard InChI is InChI=1S/C33H43N5O6/c1-20-30(21(2)44-35-20)22-7-12-27-26(17-22)34-31(38(27)23-8-10-25(41-6)11-9-23)28-18-42-19-29(39)37(28)24-13-15-36(16-14-24)32(40)43-33(3,4)5/h7,12-13,17,23,25,28H,8-11,14-16,18-19H2,1-6H3/t23-,25-,28-/m0/s1. The van der Waals surface area contributed by atoms with Crippen LogP contribution in [0.15, 0.2) is 34.5 Å². The first kappa shape index (κ1) is 30.3. The van der Waals surface area contributed by atoms with Crippen LogP contribution in [0.1, 0.15) is 82.2 Å². The molecular weight excluding hydrogens is 562 g/mol. The highest BCUT2D eigenvalue weighted by atomic mass is 16.6. The number of imidazole rings is 1. The molecule has 2 amide bonds. The van der Waals surface area contributed by atoms with Gasteiger partial charge in [-0.15, -0.1) is 0 Å². The van der Waals surface area contributed by atoms with Crippen molar-refractivity contribution < 1.29 is 28.3 Å². The van der Waals surface area contributed by atoms with Crippen LogP contribution in [-0.4, -0.2) is 81.6 Å². The van der Waals surface area contributed by atoms with Gasteiger partial charge in [0.15, 0.2) is 0 Å². The molecule has 11 nitrogen and oxygen atoms in total. The lowest BCUT2D eigenvalue weighted by Gasteiger charge is -2.40. The van der Waals surface area contributed by atoms with Crippen LogP contribution in [0.25, 0.3) is 22.2 Å². The van der Waals surface area contributed by atoms with Crippen molar-refractivity contribution in [1.29, 1.82) is 0 Å². The lowest BCUT2D eigenvalue weighted by Crippen LogP contribution is -2.47. The fraction of sp³-hybridized carbons (Fsp3) is 0.576. The first-order valence-corrected chi connectivity index (χ1v) is 15.6. The number of rotatable bonds is 5. The number of carbonyl (C=O) groups excluding carboxylic acids is 2. The summed E-state index contributed by atoms with van der Waals surface area (Å²) >= 11 is 0. The van der Waals surface area contributed by atoms with Gasteiger partial charge in [-0.1, -0.05) is 11.2 Å². The summed E-state index contributed by atoms with van der Waals surface area (Å²) < 4.78 is 24.9. The number of amides is 2. The Morgan fingerprint density at radius 3 is 2.52 bits per heavy atom. The number of carbonyl (C=O) groups is 2. The summed E-state index contributed by atoms with van der Waals surface area (Å²) in [6.07, 6.45) is 6.26. The summed E-state index contributed by atoms with van der Waals surface area (Å²) in [5.74, 6) is 1.48. The predicted molar refractivity (Wildman–Crippen MR) is 164 cm³/mol. The zero-order chi connectivity index (χ0) is 31.2. The Bertz CT molecular complexity index is 1560. The molecule has 1 aliphatic carbocycles. The van der Waals surface area contributed by atoms with Gasteiger partial charge in [-0.25, -0.2) is 9.78 Å². The molecule has 0 spiro atoms. The van der Waals surface area contributed by atoms with Gasteiger partial charge >= 0.3 is 6.09 Å². The van der Waals surface area contributed by atoms with Gasteiger partial charge < -0.3 is 33.1 Å². The van der Waals surface area contributed by atoms with Gasteiger partial charge in [0.1, 0.15) is 29.8 Å². The summed E-state index contributed by atoms with van der Waals surface area (Å²) in [5, 5.41) is 4.15. The number of morpholine rings is 1. The number of aryl methyl sites for hydroxylation is 2. The van der Waals surface area contributed by atoms with E-state index in [1.165, 1.54) is 0 Å². The van der Waals surface area contributed by atoms with Crippen molar-refractivity contribution in [1.82, 2.24) is 24.5 Å². The van der Waals surface area contributed by atoms with Gasteiger partial charge in [0, 0.05) is 43.9 Å². The van der Waals surface area contributed by atoms with Crippen LogP contribution < -0.4 is 0 Å². The topological polar surface area (TPSA) is 112 Å². The van der Waals surface area contributed by atoms with Crippen LogP contribution in [0.5, 0.6) is 0 Å². The summed E-state index contributed by atoms with van der Waals surface area (Å²) in [4.78, 5) is 35.0. The lowest BCUT2D eigenvalue weighted by molar-refractivity contribution is -0.146. The minimum atomic E-state index is -0.570. The molecule has 1 aromatic carbocycles. The molecule has 4 heterocycles. The Balaban J connectivity index is 1.38. The van der Waals surface area contributed by atoms with Gasteiger partial charge in [0.05, 0.1) is 29.4 Å².